The molecular formula is C61H100O12. The van der Waals surface area contributed by atoms with Crippen molar-refractivity contribution < 1.29 is 58.2 Å². The van der Waals surface area contributed by atoms with Gasteiger partial charge in [0.2, 0.25) is 0 Å². The fraction of sp³-hybridized carbons (Fsp3) is 0.705. The maximum Gasteiger partial charge on any atom is 0.335 e. The summed E-state index contributed by atoms with van der Waals surface area (Å²) in [5.74, 6) is -3.29. The van der Waals surface area contributed by atoms with Gasteiger partial charge >= 0.3 is 23.9 Å². The van der Waals surface area contributed by atoms with Crippen LogP contribution in [-0.4, -0.2) is 89.2 Å². The van der Waals surface area contributed by atoms with Crippen LogP contribution in [0, 0.1) is 0 Å². The van der Waals surface area contributed by atoms with Crippen molar-refractivity contribution in [1.29, 1.82) is 0 Å². The van der Waals surface area contributed by atoms with Gasteiger partial charge in [-0.25, -0.2) is 4.79 Å². The highest BCUT2D eigenvalue weighted by Gasteiger charge is 2.50. The summed E-state index contributed by atoms with van der Waals surface area (Å²) in [4.78, 5) is 50.9. The molecule has 12 nitrogen and oxygen atoms in total. The van der Waals surface area contributed by atoms with E-state index in [4.69, 9.17) is 23.7 Å². The van der Waals surface area contributed by atoms with Gasteiger partial charge in [0.05, 0.1) is 13.0 Å². The second kappa shape index (κ2) is 48.8. The molecular weight excluding hydrogens is 925 g/mol. The Hall–Kier alpha value is -4.10. The molecule has 6 atom stereocenters. The van der Waals surface area contributed by atoms with Crippen molar-refractivity contribution in [3.05, 3.63) is 85.1 Å². The van der Waals surface area contributed by atoms with Gasteiger partial charge in [0.1, 0.15) is 18.8 Å². The second-order valence-corrected chi connectivity index (χ2v) is 19.2. The number of carboxylic acid groups (broad SMARTS) is 1. The maximum absolute atomic E-state index is 13.1. The zero-order valence-corrected chi connectivity index (χ0v) is 45.6. The Morgan fingerprint density at radius 2 is 0.904 bits per heavy atom. The summed E-state index contributed by atoms with van der Waals surface area (Å²) in [6, 6.07) is 0. The van der Waals surface area contributed by atoms with Gasteiger partial charge in [-0.1, -0.05) is 215 Å². The van der Waals surface area contributed by atoms with E-state index in [-0.39, 0.29) is 25.9 Å². The van der Waals surface area contributed by atoms with Crippen LogP contribution in [0.25, 0.3) is 0 Å². The number of carbonyl (C=O) groups is 4. The zero-order chi connectivity index (χ0) is 53.3. The van der Waals surface area contributed by atoms with Crippen molar-refractivity contribution in [2.24, 2.45) is 0 Å². The van der Waals surface area contributed by atoms with Gasteiger partial charge in [-0.2, -0.15) is 0 Å². The third-order valence-corrected chi connectivity index (χ3v) is 12.5. The average molecular weight is 1030 g/mol. The molecule has 416 valence electrons. The van der Waals surface area contributed by atoms with Crippen molar-refractivity contribution in [3.63, 3.8) is 0 Å². The summed E-state index contributed by atoms with van der Waals surface area (Å²) < 4.78 is 28.2. The molecule has 1 aliphatic rings. The number of esters is 3. The Morgan fingerprint density at radius 1 is 0.479 bits per heavy atom. The van der Waals surface area contributed by atoms with Gasteiger partial charge in [0.25, 0.3) is 0 Å². The summed E-state index contributed by atoms with van der Waals surface area (Å²) in [5, 5.41) is 31.4. The van der Waals surface area contributed by atoms with E-state index in [0.717, 1.165) is 83.5 Å². The molecule has 1 saturated heterocycles. The van der Waals surface area contributed by atoms with Crippen molar-refractivity contribution in [2.45, 2.75) is 263 Å². The molecule has 0 bridgehead atoms. The summed E-state index contributed by atoms with van der Waals surface area (Å²) in [5.41, 5.74) is 0. The molecule has 0 aromatic carbocycles. The van der Waals surface area contributed by atoms with E-state index in [9.17, 15) is 34.5 Å². The third kappa shape index (κ3) is 39.0. The van der Waals surface area contributed by atoms with Gasteiger partial charge in [-0.3, -0.25) is 14.4 Å². The number of aliphatic carboxylic acids is 1. The first-order valence-corrected chi connectivity index (χ1v) is 28.6. The molecule has 1 fully saturated rings. The molecule has 3 N–H and O–H groups in total. The summed E-state index contributed by atoms with van der Waals surface area (Å²) in [7, 11) is 0. The Labute approximate surface area is 441 Å². The number of unbranched alkanes of at least 4 members (excludes halogenated alkanes) is 20. The van der Waals surface area contributed by atoms with Crippen LogP contribution >= 0.6 is 0 Å². The predicted molar refractivity (Wildman–Crippen MR) is 294 cm³/mol. The van der Waals surface area contributed by atoms with Crippen LogP contribution in [0.5, 0.6) is 0 Å². The molecule has 6 unspecified atom stereocenters. The molecule has 1 heterocycles. The Morgan fingerprint density at radius 3 is 1.41 bits per heavy atom. The van der Waals surface area contributed by atoms with E-state index in [1.165, 1.54) is 83.5 Å². The first-order chi connectivity index (χ1) is 35.6. The number of rotatable bonds is 47. The van der Waals surface area contributed by atoms with Gasteiger partial charge in [0.15, 0.2) is 24.6 Å². The largest absolute Gasteiger partial charge is 0.479 e. The first kappa shape index (κ1) is 66.9. The number of ether oxygens (including phenoxy) is 5. The minimum atomic E-state index is -1.94. The number of hydrogen-bond donors (Lipinski definition) is 3. The lowest BCUT2D eigenvalue weighted by molar-refractivity contribution is -0.301. The monoisotopic (exact) mass is 1020 g/mol. The standard InChI is InChI=1S/C61H100O12/c1-4-7-10-13-16-19-22-24-26-27-29-30-33-35-38-41-44-47-53(62)69-50-52(71-54(63)48-45-42-39-36-32-21-18-15-12-9-6-3)51-70-61-59(57(66)56(65)58(73-61)60(67)68)72-55(64)49-46-43-40-37-34-31-28-25-23-20-17-14-11-8-5-2/h8,11,16-17,19-20,24-26,28,34,37,43,46,52,56-59,61,65-66H,4-7,9-10,12-15,18,21-23,27,29-33,35-36,38-42,44-45,47-51H2,1-3H3,(H,67,68)/b11-8-,19-16-,20-17-,26-24-,28-25-,37-34-,46-43-. The molecule has 0 radical (unpaired) electrons. The predicted octanol–water partition coefficient (Wildman–Crippen LogP) is 14.3. The van der Waals surface area contributed by atoms with Crippen LogP contribution < -0.4 is 0 Å². The maximum atomic E-state index is 13.1. The Bertz CT molecular complexity index is 1590. The fourth-order valence-electron chi connectivity index (χ4n) is 8.12. The van der Waals surface area contributed by atoms with Crippen molar-refractivity contribution in [1.82, 2.24) is 0 Å². The Balaban J connectivity index is 2.74. The molecule has 0 amide bonds. The summed E-state index contributed by atoms with van der Waals surface area (Å²) >= 11 is 0. The zero-order valence-electron chi connectivity index (χ0n) is 45.6. The number of hydrogen-bond acceptors (Lipinski definition) is 11. The quantitative estimate of drug-likeness (QED) is 0.0228. The summed E-state index contributed by atoms with van der Waals surface area (Å²) in [6.45, 7) is 5.78. The van der Waals surface area contributed by atoms with E-state index in [1.54, 1.807) is 12.2 Å². The number of allylic oxidation sites excluding steroid dienone is 13. The van der Waals surface area contributed by atoms with Crippen LogP contribution in [0.2, 0.25) is 0 Å². The molecule has 1 aliphatic heterocycles. The van der Waals surface area contributed by atoms with Crippen LogP contribution in [-0.2, 0) is 42.9 Å². The fourth-order valence-corrected chi connectivity index (χ4v) is 8.12. The normalized spacial score (nSPS) is 18.9. The van der Waals surface area contributed by atoms with Crippen LogP contribution in [0.1, 0.15) is 226 Å². The number of carbonyl (C=O) groups excluding carboxylic acids is 3. The van der Waals surface area contributed by atoms with Gasteiger partial charge < -0.3 is 39.0 Å². The van der Waals surface area contributed by atoms with Crippen LogP contribution in [0.3, 0.4) is 0 Å². The van der Waals surface area contributed by atoms with Gasteiger partial charge in [-0.15, -0.1) is 0 Å². The number of aliphatic hydroxyl groups is 2. The topological polar surface area (TPSA) is 175 Å². The molecule has 0 aliphatic carbocycles. The highest BCUT2D eigenvalue weighted by molar-refractivity contribution is 5.74. The average Bonchev–Trinajstić information content (AvgIpc) is 3.37. The second-order valence-electron chi connectivity index (χ2n) is 19.2. The lowest BCUT2D eigenvalue weighted by Crippen LogP contribution is -2.61. The van der Waals surface area contributed by atoms with E-state index in [2.05, 4.69) is 81.5 Å². The van der Waals surface area contributed by atoms with Gasteiger partial charge in [-0.05, 0) is 77.0 Å². The van der Waals surface area contributed by atoms with Crippen molar-refractivity contribution >= 4 is 23.9 Å². The van der Waals surface area contributed by atoms with Crippen molar-refractivity contribution in [3.8, 4) is 0 Å². The van der Waals surface area contributed by atoms with E-state index in [1.807, 2.05) is 12.2 Å². The smallest absolute Gasteiger partial charge is 0.335 e. The molecule has 12 heteroatoms. The summed E-state index contributed by atoms with van der Waals surface area (Å²) in [6.07, 6.45) is 50.1. The van der Waals surface area contributed by atoms with Crippen LogP contribution in [0.15, 0.2) is 85.1 Å². The van der Waals surface area contributed by atoms with E-state index < -0.39 is 67.3 Å². The van der Waals surface area contributed by atoms with Crippen LogP contribution in [0.4, 0.5) is 0 Å². The molecule has 0 spiro atoms. The minimum absolute atomic E-state index is 0.150. The lowest BCUT2D eigenvalue weighted by Gasteiger charge is -2.40. The SMILES string of the molecule is CC/C=C\C/C=C\C/C=C\C/C=C\C/C=C\CC(=O)OC1C(OCC(COC(=O)CCCCCCCCC/C=C\C/C=C\CCCCC)OC(=O)CCCCCCCCCCCCC)OC(C(=O)O)C(O)C1O. The van der Waals surface area contributed by atoms with E-state index >= 15 is 0 Å². The van der Waals surface area contributed by atoms with Crippen molar-refractivity contribution in [2.75, 3.05) is 13.2 Å². The lowest BCUT2D eigenvalue weighted by atomic mass is 9.98. The highest BCUT2D eigenvalue weighted by Crippen LogP contribution is 2.26. The molecule has 0 saturated carbocycles. The molecule has 0 aromatic heterocycles. The number of carboxylic acids is 1. The van der Waals surface area contributed by atoms with Gasteiger partial charge in [0, 0.05) is 12.8 Å². The minimum Gasteiger partial charge on any atom is -0.479 e. The first-order valence-electron chi connectivity index (χ1n) is 28.6. The third-order valence-electron chi connectivity index (χ3n) is 12.5. The molecule has 1 rings (SSSR count). The van der Waals surface area contributed by atoms with E-state index in [0.29, 0.717) is 19.3 Å². The number of aliphatic hydroxyl groups excluding tert-OH is 2. The molecule has 73 heavy (non-hydrogen) atoms. The highest BCUT2D eigenvalue weighted by atomic mass is 16.7. The Kier molecular flexibility index (Phi) is 44.7. The molecule has 0 aromatic rings.